The van der Waals surface area contributed by atoms with Gasteiger partial charge in [0.2, 0.25) is 0 Å². The van der Waals surface area contributed by atoms with Crippen molar-refractivity contribution in [1.82, 2.24) is 0 Å². The third-order valence-corrected chi connectivity index (χ3v) is 4.17. The SMILES string of the molecule is CC(OC(=O)/C(C#N)=C\c1ccc(N(C)C)cc1)C(=O)N(C)c1ccccc1. The summed E-state index contributed by atoms with van der Waals surface area (Å²) in [5.74, 6) is -1.21. The number of esters is 1. The molecule has 0 saturated heterocycles. The molecule has 0 N–H and O–H groups in total. The molecule has 0 aliphatic rings. The fourth-order valence-electron chi connectivity index (χ4n) is 2.50. The standard InChI is InChI=1S/C22H23N3O3/c1-16(21(26)25(4)20-8-6-5-7-9-20)28-22(27)18(15-23)14-17-10-12-19(13-11-17)24(2)3/h5-14,16H,1-4H3/b18-14-. The summed E-state index contributed by atoms with van der Waals surface area (Å²) in [5, 5.41) is 9.32. The number of nitriles is 1. The lowest BCUT2D eigenvalue weighted by molar-refractivity contribution is -0.149. The molecule has 0 aliphatic carbocycles. The molecular weight excluding hydrogens is 354 g/mol. The molecule has 6 nitrogen and oxygen atoms in total. The van der Waals surface area contributed by atoms with Crippen molar-refractivity contribution in [3.8, 4) is 6.07 Å². The zero-order valence-corrected chi connectivity index (χ0v) is 16.4. The number of benzene rings is 2. The normalized spacial score (nSPS) is 11.9. The minimum Gasteiger partial charge on any atom is -0.448 e. The van der Waals surface area contributed by atoms with E-state index in [0.29, 0.717) is 11.3 Å². The largest absolute Gasteiger partial charge is 0.448 e. The molecule has 2 aromatic carbocycles. The summed E-state index contributed by atoms with van der Waals surface area (Å²) in [6.45, 7) is 1.49. The van der Waals surface area contributed by atoms with Crippen molar-refractivity contribution in [3.05, 3.63) is 65.7 Å². The number of anilines is 2. The van der Waals surface area contributed by atoms with Crippen LogP contribution in [0, 0.1) is 11.3 Å². The number of ether oxygens (including phenoxy) is 1. The van der Waals surface area contributed by atoms with Gasteiger partial charge in [-0.3, -0.25) is 4.79 Å². The average Bonchev–Trinajstić information content (AvgIpc) is 2.71. The third kappa shape index (κ3) is 5.21. The van der Waals surface area contributed by atoms with Crippen molar-refractivity contribution in [3.63, 3.8) is 0 Å². The number of amides is 1. The highest BCUT2D eigenvalue weighted by atomic mass is 16.5. The van der Waals surface area contributed by atoms with E-state index in [1.165, 1.54) is 17.9 Å². The van der Waals surface area contributed by atoms with E-state index >= 15 is 0 Å². The number of nitrogens with zero attached hydrogens (tertiary/aromatic N) is 3. The summed E-state index contributed by atoms with van der Waals surface area (Å²) in [6.07, 6.45) is 0.422. The molecular formula is C22H23N3O3. The van der Waals surface area contributed by atoms with Crippen molar-refractivity contribution in [2.75, 3.05) is 30.9 Å². The Morgan fingerprint density at radius 1 is 1.00 bits per heavy atom. The van der Waals surface area contributed by atoms with Gasteiger partial charge < -0.3 is 14.5 Å². The summed E-state index contributed by atoms with van der Waals surface area (Å²) < 4.78 is 5.21. The van der Waals surface area contributed by atoms with Crippen LogP contribution in [0.15, 0.2) is 60.2 Å². The highest BCUT2D eigenvalue weighted by Gasteiger charge is 2.24. The summed E-state index contributed by atoms with van der Waals surface area (Å²) in [6, 6.07) is 18.3. The minimum absolute atomic E-state index is 0.167. The van der Waals surface area contributed by atoms with E-state index in [9.17, 15) is 14.9 Å². The van der Waals surface area contributed by atoms with E-state index in [2.05, 4.69) is 0 Å². The van der Waals surface area contributed by atoms with Gasteiger partial charge in [-0.2, -0.15) is 5.26 Å². The number of likely N-dealkylation sites (N-methyl/N-ethyl adjacent to an activating group) is 1. The molecule has 0 radical (unpaired) electrons. The second-order valence-electron chi connectivity index (χ2n) is 6.44. The van der Waals surface area contributed by atoms with Crippen LogP contribution in [-0.2, 0) is 14.3 Å². The zero-order valence-electron chi connectivity index (χ0n) is 16.4. The molecule has 1 atom stereocenters. The number of hydrogen-bond acceptors (Lipinski definition) is 5. The fraction of sp³-hybridized carbons (Fsp3) is 0.227. The van der Waals surface area contributed by atoms with Crippen LogP contribution in [-0.4, -0.2) is 39.1 Å². The van der Waals surface area contributed by atoms with Crippen LogP contribution >= 0.6 is 0 Å². The topological polar surface area (TPSA) is 73.6 Å². The Balaban J connectivity index is 2.08. The van der Waals surface area contributed by atoms with E-state index in [4.69, 9.17) is 4.74 Å². The Kier molecular flexibility index (Phi) is 6.94. The smallest absolute Gasteiger partial charge is 0.349 e. The predicted octanol–water partition coefficient (Wildman–Crippen LogP) is 3.25. The van der Waals surface area contributed by atoms with Gasteiger partial charge in [0, 0.05) is 32.5 Å². The van der Waals surface area contributed by atoms with Gasteiger partial charge in [0.25, 0.3) is 5.91 Å². The van der Waals surface area contributed by atoms with Gasteiger partial charge in [-0.1, -0.05) is 30.3 Å². The van der Waals surface area contributed by atoms with Gasteiger partial charge in [0.1, 0.15) is 11.6 Å². The molecule has 144 valence electrons. The molecule has 0 heterocycles. The van der Waals surface area contributed by atoms with Gasteiger partial charge in [0.05, 0.1) is 0 Å². The molecule has 0 aromatic heterocycles. The van der Waals surface area contributed by atoms with Crippen molar-refractivity contribution in [1.29, 1.82) is 5.26 Å². The van der Waals surface area contributed by atoms with E-state index in [0.717, 1.165) is 5.69 Å². The second kappa shape index (κ2) is 9.38. The quantitative estimate of drug-likeness (QED) is 0.439. The van der Waals surface area contributed by atoms with Gasteiger partial charge in [-0.25, -0.2) is 4.79 Å². The maximum atomic E-state index is 12.5. The van der Waals surface area contributed by atoms with Gasteiger partial charge in [0.15, 0.2) is 6.10 Å². The number of para-hydroxylation sites is 1. The number of carbonyl (C=O) groups is 2. The van der Waals surface area contributed by atoms with Crippen LogP contribution in [0.4, 0.5) is 11.4 Å². The first-order chi connectivity index (χ1) is 13.3. The molecule has 0 aliphatic heterocycles. The second-order valence-corrected chi connectivity index (χ2v) is 6.44. The maximum absolute atomic E-state index is 12.5. The minimum atomic E-state index is -1.02. The maximum Gasteiger partial charge on any atom is 0.349 e. The molecule has 28 heavy (non-hydrogen) atoms. The zero-order chi connectivity index (χ0) is 20.7. The molecule has 2 rings (SSSR count). The monoisotopic (exact) mass is 377 g/mol. The van der Waals surface area contributed by atoms with Crippen molar-refractivity contribution in [2.24, 2.45) is 0 Å². The lowest BCUT2D eigenvalue weighted by atomic mass is 10.1. The molecule has 2 aromatic rings. The van der Waals surface area contributed by atoms with Crippen LogP contribution < -0.4 is 9.80 Å². The third-order valence-electron chi connectivity index (χ3n) is 4.17. The first-order valence-corrected chi connectivity index (χ1v) is 8.76. The molecule has 0 saturated carbocycles. The van der Waals surface area contributed by atoms with Crippen molar-refractivity contribution in [2.45, 2.75) is 13.0 Å². The predicted molar refractivity (Wildman–Crippen MR) is 110 cm³/mol. The fourth-order valence-corrected chi connectivity index (χ4v) is 2.50. The molecule has 0 spiro atoms. The summed E-state index contributed by atoms with van der Waals surface area (Å²) in [5.41, 5.74) is 2.22. The van der Waals surface area contributed by atoms with Gasteiger partial charge in [-0.05, 0) is 42.8 Å². The van der Waals surface area contributed by atoms with Crippen LogP contribution in [0.3, 0.4) is 0 Å². The molecule has 1 amide bonds. The highest BCUT2D eigenvalue weighted by Crippen LogP contribution is 2.16. The molecule has 0 fully saturated rings. The summed E-state index contributed by atoms with van der Waals surface area (Å²) >= 11 is 0. The van der Waals surface area contributed by atoms with Gasteiger partial charge in [-0.15, -0.1) is 0 Å². The number of carbonyl (C=O) groups excluding carboxylic acids is 2. The lowest BCUT2D eigenvalue weighted by Crippen LogP contribution is -2.37. The van der Waals surface area contributed by atoms with Crippen LogP contribution in [0.2, 0.25) is 0 Å². The molecule has 6 heteroatoms. The van der Waals surface area contributed by atoms with Gasteiger partial charge >= 0.3 is 5.97 Å². The van der Waals surface area contributed by atoms with Crippen LogP contribution in [0.1, 0.15) is 12.5 Å². The highest BCUT2D eigenvalue weighted by molar-refractivity contribution is 6.01. The molecule has 0 bridgehead atoms. The Hall–Kier alpha value is -3.59. The Bertz CT molecular complexity index is 897. The Morgan fingerprint density at radius 2 is 1.61 bits per heavy atom. The summed E-state index contributed by atoms with van der Waals surface area (Å²) in [4.78, 5) is 28.2. The van der Waals surface area contributed by atoms with Crippen molar-refractivity contribution >= 4 is 29.3 Å². The molecule has 1 unspecified atom stereocenters. The lowest BCUT2D eigenvalue weighted by Gasteiger charge is -2.21. The van der Waals surface area contributed by atoms with Crippen molar-refractivity contribution < 1.29 is 14.3 Å². The van der Waals surface area contributed by atoms with E-state index < -0.39 is 12.1 Å². The van der Waals surface area contributed by atoms with E-state index in [1.807, 2.05) is 55.4 Å². The van der Waals surface area contributed by atoms with Crippen LogP contribution in [0.25, 0.3) is 6.08 Å². The number of hydrogen-bond donors (Lipinski definition) is 0. The Morgan fingerprint density at radius 3 is 2.14 bits per heavy atom. The first-order valence-electron chi connectivity index (χ1n) is 8.76. The first kappa shape index (κ1) is 20.7. The summed E-state index contributed by atoms with van der Waals surface area (Å²) in [7, 11) is 5.46. The number of rotatable bonds is 6. The average molecular weight is 377 g/mol. The van der Waals surface area contributed by atoms with Crippen LogP contribution in [0.5, 0.6) is 0 Å². The van der Waals surface area contributed by atoms with E-state index in [-0.39, 0.29) is 11.5 Å². The Labute approximate surface area is 165 Å². The van der Waals surface area contributed by atoms with E-state index in [1.54, 1.807) is 31.3 Å².